The molecule has 0 atom stereocenters. The molecule has 0 heterocycles. The van der Waals surface area contributed by atoms with E-state index in [-0.39, 0.29) is 11.5 Å². The molecule has 0 aliphatic heterocycles. The minimum Gasteiger partial charge on any atom is -0.396 e. The maximum absolute atomic E-state index is 14.2. The lowest BCUT2D eigenvalue weighted by atomic mass is 10.1. The Labute approximate surface area is 137 Å². The van der Waals surface area contributed by atoms with Crippen molar-refractivity contribution in [3.8, 4) is 0 Å². The maximum atomic E-state index is 14.2. The molecule has 0 fully saturated rings. The van der Waals surface area contributed by atoms with E-state index in [1.165, 1.54) is 12.1 Å². The van der Waals surface area contributed by atoms with Crippen LogP contribution in [0.2, 0.25) is 0 Å². The van der Waals surface area contributed by atoms with Gasteiger partial charge in [0.2, 0.25) is 0 Å². The van der Waals surface area contributed by atoms with Gasteiger partial charge in [-0.2, -0.15) is 0 Å². The van der Waals surface area contributed by atoms with Crippen LogP contribution in [0.15, 0.2) is 66.7 Å². The summed E-state index contributed by atoms with van der Waals surface area (Å²) in [6.45, 7) is 0. The molecule has 4 aromatic carbocycles. The van der Waals surface area contributed by atoms with Gasteiger partial charge in [0, 0.05) is 22.1 Å². The van der Waals surface area contributed by atoms with E-state index in [1.54, 1.807) is 24.3 Å². The number of nitrogen functional groups attached to an aromatic ring is 1. The number of hydrogen-bond donors (Lipinski definition) is 2. The number of halogens is 2. The summed E-state index contributed by atoms with van der Waals surface area (Å²) in [7, 11) is 0. The fourth-order valence-electron chi connectivity index (χ4n) is 2.89. The summed E-state index contributed by atoms with van der Waals surface area (Å²) in [4.78, 5) is 0. The van der Waals surface area contributed by atoms with Crippen LogP contribution in [-0.2, 0) is 0 Å². The number of hydrogen-bond acceptors (Lipinski definition) is 2. The highest BCUT2D eigenvalue weighted by molar-refractivity contribution is 5.91. The number of nitrogens with one attached hydrogen (secondary N) is 1. The van der Waals surface area contributed by atoms with Gasteiger partial charge < -0.3 is 11.1 Å². The maximum Gasteiger partial charge on any atom is 0.153 e. The van der Waals surface area contributed by atoms with Gasteiger partial charge in [0.05, 0.1) is 5.69 Å². The molecule has 0 amide bonds. The first kappa shape index (κ1) is 14.5. The smallest absolute Gasteiger partial charge is 0.153 e. The van der Waals surface area contributed by atoms with Crippen LogP contribution in [0, 0.1) is 11.6 Å². The van der Waals surface area contributed by atoms with Crippen molar-refractivity contribution in [3.05, 3.63) is 78.4 Å². The second kappa shape index (κ2) is 5.49. The summed E-state index contributed by atoms with van der Waals surface area (Å²) < 4.78 is 28.2. The second-order valence-electron chi connectivity index (χ2n) is 5.71. The summed E-state index contributed by atoms with van der Waals surface area (Å²) in [5.74, 6) is -0.703. The molecule has 0 unspecified atom stereocenters. The first-order chi connectivity index (χ1) is 11.6. The standard InChI is InChI=1S/C20H14F2N2/c21-18-11-15(10-12-3-1-2-4-16(12)18)24-14-6-7-17-13(9-14)5-8-19(23)20(17)22/h1-11,24H,23H2. The molecule has 0 saturated heterocycles. The molecule has 0 bridgehead atoms. The van der Waals surface area contributed by atoms with Crippen LogP contribution in [0.5, 0.6) is 0 Å². The SMILES string of the molecule is Nc1ccc2cc(Nc3cc(F)c4ccccc4c3)ccc2c1F. The van der Waals surface area contributed by atoms with E-state index in [0.29, 0.717) is 16.5 Å². The van der Waals surface area contributed by atoms with Crippen LogP contribution in [0.4, 0.5) is 25.8 Å². The van der Waals surface area contributed by atoms with Crippen molar-refractivity contribution < 1.29 is 8.78 Å². The third kappa shape index (κ3) is 2.42. The molecule has 0 saturated carbocycles. The number of rotatable bonds is 2. The molecular formula is C20H14F2N2. The van der Waals surface area contributed by atoms with Gasteiger partial charge in [-0.3, -0.25) is 0 Å². The molecule has 0 aliphatic rings. The van der Waals surface area contributed by atoms with Gasteiger partial charge in [-0.05, 0) is 47.2 Å². The Hall–Kier alpha value is -3.14. The largest absolute Gasteiger partial charge is 0.396 e. The highest BCUT2D eigenvalue weighted by Crippen LogP contribution is 2.29. The van der Waals surface area contributed by atoms with Gasteiger partial charge in [-0.1, -0.05) is 30.3 Å². The van der Waals surface area contributed by atoms with E-state index in [9.17, 15) is 8.78 Å². The van der Waals surface area contributed by atoms with Crippen molar-refractivity contribution in [2.45, 2.75) is 0 Å². The van der Waals surface area contributed by atoms with Crippen molar-refractivity contribution in [2.75, 3.05) is 11.1 Å². The van der Waals surface area contributed by atoms with Crippen molar-refractivity contribution in [1.82, 2.24) is 0 Å². The van der Waals surface area contributed by atoms with Crippen molar-refractivity contribution >= 4 is 38.6 Å². The summed E-state index contributed by atoms with van der Waals surface area (Å²) in [5.41, 5.74) is 7.10. The molecule has 4 rings (SSSR count). The monoisotopic (exact) mass is 320 g/mol. The van der Waals surface area contributed by atoms with Gasteiger partial charge in [-0.25, -0.2) is 8.78 Å². The topological polar surface area (TPSA) is 38.0 Å². The molecule has 118 valence electrons. The molecule has 3 N–H and O–H groups in total. The molecule has 4 heteroatoms. The van der Waals surface area contributed by atoms with Crippen LogP contribution in [0.3, 0.4) is 0 Å². The fourth-order valence-corrected chi connectivity index (χ4v) is 2.89. The lowest BCUT2D eigenvalue weighted by Gasteiger charge is -2.10. The molecule has 4 aromatic rings. The fraction of sp³-hybridized carbons (Fsp3) is 0. The summed E-state index contributed by atoms with van der Waals surface area (Å²) in [5, 5.41) is 5.76. The van der Waals surface area contributed by atoms with E-state index in [0.717, 1.165) is 16.5 Å². The Morgan fingerprint density at radius 2 is 1.46 bits per heavy atom. The van der Waals surface area contributed by atoms with Crippen molar-refractivity contribution in [1.29, 1.82) is 0 Å². The van der Waals surface area contributed by atoms with Crippen LogP contribution in [0.1, 0.15) is 0 Å². The zero-order chi connectivity index (χ0) is 16.7. The average molecular weight is 320 g/mol. The Morgan fingerprint density at radius 3 is 2.33 bits per heavy atom. The quantitative estimate of drug-likeness (QED) is 0.472. The Balaban J connectivity index is 1.75. The summed E-state index contributed by atoms with van der Waals surface area (Å²) in [6.07, 6.45) is 0. The van der Waals surface area contributed by atoms with Gasteiger partial charge in [0.15, 0.2) is 5.82 Å². The average Bonchev–Trinajstić information content (AvgIpc) is 2.58. The number of fused-ring (bicyclic) bond motifs is 2. The molecule has 0 aliphatic carbocycles. The van der Waals surface area contributed by atoms with Gasteiger partial charge in [-0.15, -0.1) is 0 Å². The van der Waals surface area contributed by atoms with Crippen LogP contribution >= 0.6 is 0 Å². The van der Waals surface area contributed by atoms with Gasteiger partial charge >= 0.3 is 0 Å². The minimum absolute atomic E-state index is 0.125. The van der Waals surface area contributed by atoms with Gasteiger partial charge in [0.1, 0.15) is 5.82 Å². The molecule has 0 aromatic heterocycles. The van der Waals surface area contributed by atoms with E-state index < -0.39 is 5.82 Å². The van der Waals surface area contributed by atoms with E-state index >= 15 is 0 Å². The number of benzene rings is 4. The summed E-state index contributed by atoms with van der Waals surface area (Å²) >= 11 is 0. The van der Waals surface area contributed by atoms with Crippen LogP contribution in [-0.4, -0.2) is 0 Å². The summed E-state index contributed by atoms with van der Waals surface area (Å²) in [6, 6.07) is 19.2. The van der Waals surface area contributed by atoms with Crippen LogP contribution in [0.25, 0.3) is 21.5 Å². The molecule has 24 heavy (non-hydrogen) atoms. The highest BCUT2D eigenvalue weighted by Gasteiger charge is 2.07. The molecule has 0 radical (unpaired) electrons. The molecule has 0 spiro atoms. The lowest BCUT2D eigenvalue weighted by molar-refractivity contribution is 0.640. The van der Waals surface area contributed by atoms with Crippen molar-refractivity contribution in [2.24, 2.45) is 0 Å². The first-order valence-electron chi connectivity index (χ1n) is 7.55. The normalized spacial score (nSPS) is 11.1. The zero-order valence-electron chi connectivity index (χ0n) is 12.7. The first-order valence-corrected chi connectivity index (χ1v) is 7.55. The Morgan fingerprint density at radius 1 is 0.708 bits per heavy atom. The van der Waals surface area contributed by atoms with Gasteiger partial charge in [0.25, 0.3) is 0 Å². The predicted octanol–water partition coefficient (Wildman–Crippen LogP) is 5.60. The van der Waals surface area contributed by atoms with Crippen molar-refractivity contribution in [3.63, 3.8) is 0 Å². The number of nitrogens with two attached hydrogens (primary N) is 1. The Bertz CT molecular complexity index is 1070. The third-order valence-corrected chi connectivity index (χ3v) is 4.08. The molecular weight excluding hydrogens is 306 g/mol. The zero-order valence-corrected chi connectivity index (χ0v) is 12.7. The number of anilines is 3. The predicted molar refractivity (Wildman–Crippen MR) is 95.5 cm³/mol. The van der Waals surface area contributed by atoms with Crippen LogP contribution < -0.4 is 11.1 Å². The molecule has 2 nitrogen and oxygen atoms in total. The van der Waals surface area contributed by atoms with E-state index in [2.05, 4.69) is 5.32 Å². The second-order valence-corrected chi connectivity index (χ2v) is 5.71. The third-order valence-electron chi connectivity index (χ3n) is 4.08. The van der Waals surface area contributed by atoms with E-state index in [1.807, 2.05) is 30.3 Å². The minimum atomic E-state index is -0.421. The Kier molecular flexibility index (Phi) is 3.31. The highest BCUT2D eigenvalue weighted by atomic mass is 19.1. The van der Waals surface area contributed by atoms with E-state index in [4.69, 9.17) is 5.73 Å². The lowest BCUT2D eigenvalue weighted by Crippen LogP contribution is -1.94.